The second-order valence-corrected chi connectivity index (χ2v) is 3.36. The first-order valence-electron chi connectivity index (χ1n) is 4.88. The standard InChI is InChI=1S/C13H10N2O/c14-13(16)5-1-3-10-6-7-12-11(9-10)4-2-8-15-12/h2,4,6-9H,5H2,(H2,14,16). The van der Waals surface area contributed by atoms with Crippen molar-refractivity contribution in [3.63, 3.8) is 0 Å². The number of nitrogens with zero attached hydrogens (tertiary/aromatic N) is 1. The highest BCUT2D eigenvalue weighted by molar-refractivity contribution is 5.80. The maximum absolute atomic E-state index is 10.5. The maximum Gasteiger partial charge on any atom is 0.229 e. The van der Waals surface area contributed by atoms with Crippen LogP contribution in [0.5, 0.6) is 0 Å². The zero-order valence-electron chi connectivity index (χ0n) is 8.60. The Morgan fingerprint density at radius 1 is 1.38 bits per heavy atom. The summed E-state index contributed by atoms with van der Waals surface area (Å²) in [5, 5.41) is 1.04. The highest BCUT2D eigenvalue weighted by Gasteiger charge is 1.94. The van der Waals surface area contributed by atoms with Gasteiger partial charge in [-0.1, -0.05) is 17.9 Å². The fourth-order valence-electron chi connectivity index (χ4n) is 1.39. The van der Waals surface area contributed by atoms with E-state index in [4.69, 9.17) is 5.73 Å². The number of fused-ring (bicyclic) bond motifs is 1. The van der Waals surface area contributed by atoms with Crippen molar-refractivity contribution < 1.29 is 4.79 Å². The first kappa shape index (κ1) is 10.2. The quantitative estimate of drug-likeness (QED) is 0.724. The smallest absolute Gasteiger partial charge is 0.229 e. The van der Waals surface area contributed by atoms with Gasteiger partial charge in [0.15, 0.2) is 0 Å². The third-order valence-electron chi connectivity index (χ3n) is 2.10. The molecule has 0 unspecified atom stereocenters. The van der Waals surface area contributed by atoms with Crippen LogP contribution >= 0.6 is 0 Å². The van der Waals surface area contributed by atoms with Crippen LogP contribution < -0.4 is 5.73 Å². The molecule has 0 saturated carbocycles. The highest BCUT2D eigenvalue weighted by Crippen LogP contribution is 2.12. The zero-order valence-corrected chi connectivity index (χ0v) is 8.60. The Bertz CT molecular complexity index is 593. The number of aromatic nitrogens is 1. The van der Waals surface area contributed by atoms with E-state index in [9.17, 15) is 4.79 Å². The fraction of sp³-hybridized carbons (Fsp3) is 0.0769. The van der Waals surface area contributed by atoms with Crippen LogP contribution in [0.4, 0.5) is 0 Å². The number of hydrogen-bond acceptors (Lipinski definition) is 2. The molecule has 0 spiro atoms. The molecule has 78 valence electrons. The molecule has 0 aliphatic rings. The molecule has 3 heteroatoms. The zero-order chi connectivity index (χ0) is 11.4. The van der Waals surface area contributed by atoms with Crippen molar-refractivity contribution in [2.75, 3.05) is 0 Å². The summed E-state index contributed by atoms with van der Waals surface area (Å²) in [7, 11) is 0. The van der Waals surface area contributed by atoms with Gasteiger partial charge < -0.3 is 5.73 Å². The molecule has 1 heterocycles. The van der Waals surface area contributed by atoms with Crippen molar-refractivity contribution in [3.8, 4) is 11.8 Å². The summed E-state index contributed by atoms with van der Waals surface area (Å²) < 4.78 is 0. The molecule has 1 aromatic carbocycles. The second-order valence-electron chi connectivity index (χ2n) is 3.36. The summed E-state index contributed by atoms with van der Waals surface area (Å²) in [5.41, 5.74) is 6.79. The largest absolute Gasteiger partial charge is 0.369 e. The van der Waals surface area contributed by atoms with Gasteiger partial charge >= 0.3 is 0 Å². The average molecular weight is 210 g/mol. The number of pyridine rings is 1. The van der Waals surface area contributed by atoms with Gasteiger partial charge in [-0.3, -0.25) is 9.78 Å². The van der Waals surface area contributed by atoms with Gasteiger partial charge in [0.1, 0.15) is 0 Å². The molecule has 3 nitrogen and oxygen atoms in total. The van der Waals surface area contributed by atoms with Crippen molar-refractivity contribution >= 4 is 16.8 Å². The van der Waals surface area contributed by atoms with Crippen LogP contribution in [-0.4, -0.2) is 10.9 Å². The number of nitrogens with two attached hydrogens (primary N) is 1. The summed E-state index contributed by atoms with van der Waals surface area (Å²) in [6, 6.07) is 9.58. The maximum atomic E-state index is 10.5. The molecule has 16 heavy (non-hydrogen) atoms. The fourth-order valence-corrected chi connectivity index (χ4v) is 1.39. The summed E-state index contributed by atoms with van der Waals surface area (Å²) in [6.45, 7) is 0. The van der Waals surface area contributed by atoms with E-state index in [1.807, 2.05) is 30.3 Å². The van der Waals surface area contributed by atoms with Crippen molar-refractivity contribution in [2.45, 2.75) is 6.42 Å². The van der Waals surface area contributed by atoms with Gasteiger partial charge in [0.25, 0.3) is 0 Å². The van der Waals surface area contributed by atoms with E-state index >= 15 is 0 Å². The Morgan fingerprint density at radius 2 is 2.25 bits per heavy atom. The van der Waals surface area contributed by atoms with E-state index in [2.05, 4.69) is 16.8 Å². The summed E-state index contributed by atoms with van der Waals surface area (Å²) in [5.74, 6) is 5.20. The van der Waals surface area contributed by atoms with Crippen LogP contribution in [-0.2, 0) is 4.79 Å². The number of hydrogen-bond donors (Lipinski definition) is 1. The van der Waals surface area contributed by atoms with Gasteiger partial charge in [0.05, 0.1) is 11.9 Å². The molecule has 2 N–H and O–H groups in total. The SMILES string of the molecule is NC(=O)CC#Cc1ccc2ncccc2c1. The van der Waals surface area contributed by atoms with Crippen molar-refractivity contribution in [2.24, 2.45) is 5.73 Å². The van der Waals surface area contributed by atoms with Crippen LogP contribution in [0, 0.1) is 11.8 Å². The monoisotopic (exact) mass is 210 g/mol. The lowest BCUT2D eigenvalue weighted by molar-refractivity contribution is -0.117. The molecule has 0 fully saturated rings. The Morgan fingerprint density at radius 3 is 3.06 bits per heavy atom. The van der Waals surface area contributed by atoms with Gasteiger partial charge in [-0.15, -0.1) is 0 Å². The number of carbonyl (C=O) groups is 1. The lowest BCUT2D eigenvalue weighted by atomic mass is 10.1. The van der Waals surface area contributed by atoms with E-state index in [0.29, 0.717) is 0 Å². The van der Waals surface area contributed by atoms with Crippen LogP contribution in [0.15, 0.2) is 36.5 Å². The molecular weight excluding hydrogens is 200 g/mol. The Hall–Kier alpha value is -2.34. The predicted molar refractivity (Wildman–Crippen MR) is 62.4 cm³/mol. The van der Waals surface area contributed by atoms with Crippen molar-refractivity contribution in [3.05, 3.63) is 42.1 Å². The minimum absolute atomic E-state index is 0.0884. The van der Waals surface area contributed by atoms with E-state index < -0.39 is 5.91 Å². The lowest BCUT2D eigenvalue weighted by Gasteiger charge is -1.96. The van der Waals surface area contributed by atoms with Crippen LogP contribution in [0.25, 0.3) is 10.9 Å². The second kappa shape index (κ2) is 4.45. The Labute approximate surface area is 93.3 Å². The van der Waals surface area contributed by atoms with Gasteiger partial charge in [0.2, 0.25) is 5.91 Å². The minimum Gasteiger partial charge on any atom is -0.369 e. The van der Waals surface area contributed by atoms with Crippen LogP contribution in [0.2, 0.25) is 0 Å². The summed E-state index contributed by atoms with van der Waals surface area (Å²) in [6.07, 6.45) is 1.84. The number of rotatable bonds is 1. The third-order valence-corrected chi connectivity index (χ3v) is 2.10. The van der Waals surface area contributed by atoms with Crippen molar-refractivity contribution in [1.82, 2.24) is 4.98 Å². The number of amides is 1. The number of primary amides is 1. The molecule has 0 aliphatic carbocycles. The van der Waals surface area contributed by atoms with E-state index in [1.165, 1.54) is 0 Å². The summed E-state index contributed by atoms with van der Waals surface area (Å²) in [4.78, 5) is 14.7. The first-order chi connectivity index (χ1) is 7.75. The predicted octanol–water partition coefficient (Wildman–Crippen LogP) is 1.46. The van der Waals surface area contributed by atoms with Crippen LogP contribution in [0.1, 0.15) is 12.0 Å². The highest BCUT2D eigenvalue weighted by atomic mass is 16.1. The topological polar surface area (TPSA) is 56.0 Å². The van der Waals surface area contributed by atoms with E-state index in [-0.39, 0.29) is 6.42 Å². The summed E-state index contributed by atoms with van der Waals surface area (Å²) >= 11 is 0. The van der Waals surface area contributed by atoms with Crippen LogP contribution in [0.3, 0.4) is 0 Å². The normalized spacial score (nSPS) is 9.50. The molecule has 1 aromatic heterocycles. The Kier molecular flexibility index (Phi) is 2.84. The molecule has 0 aliphatic heterocycles. The molecule has 0 saturated heterocycles. The molecule has 2 rings (SSSR count). The average Bonchev–Trinajstić information content (AvgIpc) is 2.28. The van der Waals surface area contributed by atoms with Gasteiger partial charge in [-0.25, -0.2) is 0 Å². The lowest BCUT2D eigenvalue weighted by Crippen LogP contribution is -2.08. The van der Waals surface area contributed by atoms with Gasteiger partial charge in [-0.2, -0.15) is 0 Å². The number of carbonyl (C=O) groups excluding carboxylic acids is 1. The van der Waals surface area contributed by atoms with Gasteiger partial charge in [-0.05, 0) is 24.3 Å². The number of benzene rings is 1. The first-order valence-corrected chi connectivity index (χ1v) is 4.88. The minimum atomic E-state index is -0.407. The third kappa shape index (κ3) is 2.37. The molecule has 0 bridgehead atoms. The molecule has 0 radical (unpaired) electrons. The molecule has 0 atom stereocenters. The molecule has 1 amide bonds. The van der Waals surface area contributed by atoms with Crippen molar-refractivity contribution in [1.29, 1.82) is 0 Å². The van der Waals surface area contributed by atoms with E-state index in [1.54, 1.807) is 6.20 Å². The van der Waals surface area contributed by atoms with E-state index in [0.717, 1.165) is 16.5 Å². The Balaban J connectivity index is 2.31. The molecule has 2 aromatic rings. The molecular formula is C13H10N2O. The van der Waals surface area contributed by atoms with Gasteiger partial charge in [0, 0.05) is 17.1 Å².